The van der Waals surface area contributed by atoms with Crippen molar-refractivity contribution in [2.75, 3.05) is 19.1 Å². The molecule has 18 heteroatoms. The van der Waals surface area contributed by atoms with E-state index >= 15 is 0 Å². The fourth-order valence-electron chi connectivity index (χ4n) is 4.55. The highest BCUT2D eigenvalue weighted by molar-refractivity contribution is 5.93. The monoisotopic (exact) mass is 728 g/mol. The number of amides is 1. The number of halogens is 6. The van der Waals surface area contributed by atoms with Gasteiger partial charge in [-0.15, -0.1) is 0 Å². The SMILES string of the molecule is CCCCc1nc2ccc(N(C(C)=O)N(C)C)cc2n1Cc1ccc(-c2ccccc2OC(=O)O)cc1.O=C(O)C(F)(F)F.O=C(O)C(F)(F)F. The molecule has 0 aliphatic rings. The Morgan fingerprint density at radius 3 is 1.86 bits per heavy atom. The minimum absolute atomic E-state index is 0.0654. The largest absolute Gasteiger partial charge is 0.511 e. The Hall–Kier alpha value is -5.65. The van der Waals surface area contributed by atoms with E-state index in [4.69, 9.17) is 34.6 Å². The number of ether oxygens (including phenoxy) is 1. The van der Waals surface area contributed by atoms with Crippen molar-refractivity contribution < 1.29 is 65.6 Å². The number of anilines is 1. The Labute approximate surface area is 287 Å². The lowest BCUT2D eigenvalue weighted by molar-refractivity contribution is -0.193. The molecule has 0 aliphatic heterocycles. The number of hydrogen-bond donors (Lipinski definition) is 3. The maximum absolute atomic E-state index is 12.3. The van der Waals surface area contributed by atoms with Crippen LogP contribution in [0.15, 0.2) is 66.7 Å². The van der Waals surface area contributed by atoms with E-state index in [-0.39, 0.29) is 5.91 Å². The minimum Gasteiger partial charge on any atom is -0.475 e. The molecule has 0 radical (unpaired) electrons. The van der Waals surface area contributed by atoms with E-state index < -0.39 is 30.4 Å². The number of aryl methyl sites for hydroxylation is 1. The molecule has 1 amide bonds. The standard InChI is InChI=1S/C29H32N4O4.2C2HF3O2/c1-5-6-11-28-30-25-17-16-23(33(20(2)34)31(3)4)18-26(25)32(28)19-21-12-14-22(15-13-21)24-9-7-8-10-27(24)37-29(35)36;2*3-2(4,5)1(6)7/h7-10,12-18H,5-6,11,19H2,1-4H3,(H,35,36);2*(H,6,7). The molecule has 0 atom stereocenters. The summed E-state index contributed by atoms with van der Waals surface area (Å²) >= 11 is 0. The third kappa shape index (κ3) is 12.3. The summed E-state index contributed by atoms with van der Waals surface area (Å²) in [5.74, 6) is -4.27. The second-order valence-electron chi connectivity index (χ2n) is 10.7. The van der Waals surface area contributed by atoms with Gasteiger partial charge in [-0.3, -0.25) is 4.79 Å². The van der Waals surface area contributed by atoms with Crippen molar-refractivity contribution in [2.45, 2.75) is 52.0 Å². The third-order valence-electron chi connectivity index (χ3n) is 6.68. The molecule has 1 heterocycles. The molecule has 276 valence electrons. The Morgan fingerprint density at radius 2 is 1.39 bits per heavy atom. The van der Waals surface area contributed by atoms with E-state index in [0.717, 1.165) is 52.9 Å². The number of imidazole rings is 1. The first-order valence-corrected chi connectivity index (χ1v) is 14.8. The number of nitrogens with zero attached hydrogens (tertiary/aromatic N) is 4. The average molecular weight is 729 g/mol. The van der Waals surface area contributed by atoms with Crippen molar-refractivity contribution in [3.63, 3.8) is 0 Å². The summed E-state index contributed by atoms with van der Waals surface area (Å²) in [6.45, 7) is 4.33. The van der Waals surface area contributed by atoms with E-state index in [1.807, 2.05) is 68.7 Å². The van der Waals surface area contributed by atoms with Crippen LogP contribution in [0.5, 0.6) is 5.75 Å². The lowest BCUT2D eigenvalue weighted by atomic mass is 10.0. The molecule has 0 saturated carbocycles. The van der Waals surface area contributed by atoms with Gasteiger partial charge in [0.15, 0.2) is 0 Å². The highest BCUT2D eigenvalue weighted by Crippen LogP contribution is 2.31. The van der Waals surface area contributed by atoms with Crippen molar-refractivity contribution in [3.8, 4) is 16.9 Å². The van der Waals surface area contributed by atoms with Crippen molar-refractivity contribution in [1.82, 2.24) is 14.6 Å². The Morgan fingerprint density at radius 1 is 0.843 bits per heavy atom. The number of carboxylic acids is 2. The predicted molar refractivity (Wildman–Crippen MR) is 172 cm³/mol. The molecule has 3 N–H and O–H groups in total. The number of hydrazine groups is 1. The smallest absolute Gasteiger partial charge is 0.475 e. The Bertz CT molecular complexity index is 1800. The fraction of sp³-hybridized carbons (Fsp3) is 0.303. The molecular formula is C33H34F6N4O8. The normalized spacial score (nSPS) is 11.2. The van der Waals surface area contributed by atoms with E-state index in [1.54, 1.807) is 29.1 Å². The van der Waals surface area contributed by atoms with Gasteiger partial charge >= 0.3 is 30.4 Å². The third-order valence-corrected chi connectivity index (χ3v) is 6.68. The number of fused-ring (bicyclic) bond motifs is 1. The van der Waals surface area contributed by atoms with Crippen LogP contribution in [0.4, 0.5) is 36.8 Å². The number of carboxylic acid groups (broad SMARTS) is 3. The van der Waals surface area contributed by atoms with Crippen LogP contribution >= 0.6 is 0 Å². The number of rotatable bonds is 9. The van der Waals surface area contributed by atoms with Gasteiger partial charge in [-0.25, -0.2) is 29.4 Å². The van der Waals surface area contributed by atoms with Crippen LogP contribution in [0.3, 0.4) is 0 Å². The maximum Gasteiger partial charge on any atom is 0.511 e. The van der Waals surface area contributed by atoms with E-state index in [1.165, 1.54) is 0 Å². The summed E-state index contributed by atoms with van der Waals surface area (Å²) in [5.41, 5.74) is 5.32. The number of unbranched alkanes of at least 4 members (excludes halogenated alkanes) is 1. The fourth-order valence-corrected chi connectivity index (χ4v) is 4.55. The lowest BCUT2D eigenvalue weighted by Gasteiger charge is -2.27. The number of carbonyl (C=O) groups is 4. The quantitative estimate of drug-likeness (QED) is 0.0693. The van der Waals surface area contributed by atoms with Crippen LogP contribution in [0.2, 0.25) is 0 Å². The van der Waals surface area contributed by atoms with Crippen molar-refractivity contribution in [1.29, 1.82) is 0 Å². The Kier molecular flexibility index (Phi) is 14.5. The molecule has 0 saturated heterocycles. The zero-order chi connectivity index (χ0) is 38.7. The van der Waals surface area contributed by atoms with Gasteiger partial charge in [0.25, 0.3) is 0 Å². The van der Waals surface area contributed by atoms with E-state index in [9.17, 15) is 35.9 Å². The molecule has 0 spiro atoms. The number of hydrogen-bond acceptors (Lipinski definition) is 7. The second kappa shape index (κ2) is 17.8. The van der Waals surface area contributed by atoms with Gasteiger partial charge < -0.3 is 24.6 Å². The first-order valence-electron chi connectivity index (χ1n) is 14.8. The van der Waals surface area contributed by atoms with Gasteiger partial charge in [0.2, 0.25) is 5.91 Å². The summed E-state index contributed by atoms with van der Waals surface area (Å²) in [6, 6.07) is 21.0. The molecular weight excluding hydrogens is 694 g/mol. The first-order chi connectivity index (χ1) is 23.7. The molecule has 51 heavy (non-hydrogen) atoms. The van der Waals surface area contributed by atoms with E-state index in [2.05, 4.69) is 11.5 Å². The molecule has 12 nitrogen and oxygen atoms in total. The van der Waals surface area contributed by atoms with Gasteiger partial charge in [0.1, 0.15) is 11.6 Å². The zero-order valence-corrected chi connectivity index (χ0v) is 27.6. The molecule has 3 aromatic carbocycles. The van der Waals surface area contributed by atoms with Crippen LogP contribution in [0.1, 0.15) is 38.1 Å². The summed E-state index contributed by atoms with van der Waals surface area (Å²) in [5, 5.41) is 26.7. The number of benzene rings is 3. The number of alkyl halides is 6. The van der Waals surface area contributed by atoms with Gasteiger partial charge in [-0.2, -0.15) is 26.3 Å². The van der Waals surface area contributed by atoms with Crippen LogP contribution in [-0.4, -0.2) is 80.3 Å². The number of aliphatic carboxylic acids is 2. The lowest BCUT2D eigenvalue weighted by Crippen LogP contribution is -2.40. The minimum atomic E-state index is -5.08. The van der Waals surface area contributed by atoms with Gasteiger partial charge in [0, 0.05) is 39.5 Å². The number of carbonyl (C=O) groups excluding carboxylic acids is 1. The molecule has 4 aromatic rings. The molecule has 1 aromatic heterocycles. The number of para-hydroxylation sites is 1. The average Bonchev–Trinajstić information content (AvgIpc) is 3.36. The Balaban J connectivity index is 0.000000543. The first kappa shape index (κ1) is 41.5. The molecule has 4 rings (SSSR count). The van der Waals surface area contributed by atoms with Gasteiger partial charge in [-0.05, 0) is 41.8 Å². The summed E-state index contributed by atoms with van der Waals surface area (Å²) in [7, 11) is 3.69. The second-order valence-corrected chi connectivity index (χ2v) is 10.7. The molecule has 0 aliphatic carbocycles. The summed E-state index contributed by atoms with van der Waals surface area (Å²) in [6.07, 6.45) is -8.54. The zero-order valence-electron chi connectivity index (χ0n) is 27.6. The molecule has 0 fully saturated rings. The molecule has 0 bridgehead atoms. The van der Waals surface area contributed by atoms with Crippen molar-refractivity contribution in [2.24, 2.45) is 0 Å². The van der Waals surface area contributed by atoms with Crippen molar-refractivity contribution >= 4 is 40.7 Å². The van der Waals surface area contributed by atoms with Gasteiger partial charge in [0.05, 0.1) is 16.7 Å². The van der Waals surface area contributed by atoms with Crippen molar-refractivity contribution in [3.05, 3.63) is 78.1 Å². The predicted octanol–water partition coefficient (Wildman–Crippen LogP) is 7.25. The van der Waals surface area contributed by atoms with Crippen LogP contribution in [-0.2, 0) is 27.3 Å². The number of aromatic nitrogens is 2. The topological polar surface area (TPSA) is 163 Å². The van der Waals surface area contributed by atoms with Crippen LogP contribution < -0.4 is 9.75 Å². The highest BCUT2D eigenvalue weighted by atomic mass is 19.4. The van der Waals surface area contributed by atoms with E-state index in [0.29, 0.717) is 17.9 Å². The molecule has 0 unspecified atom stereocenters. The van der Waals surface area contributed by atoms with Crippen LogP contribution in [0.25, 0.3) is 22.2 Å². The maximum atomic E-state index is 12.3. The summed E-state index contributed by atoms with van der Waals surface area (Å²) < 4.78 is 70.6. The summed E-state index contributed by atoms with van der Waals surface area (Å²) in [4.78, 5) is 46.1. The highest BCUT2D eigenvalue weighted by Gasteiger charge is 2.38. The van der Waals surface area contributed by atoms with Crippen LogP contribution in [0, 0.1) is 0 Å². The van der Waals surface area contributed by atoms with Gasteiger partial charge in [-0.1, -0.05) is 55.8 Å².